The number of hydrogen-bond acceptors (Lipinski definition) is 3. The molecule has 2 heterocycles. The summed E-state index contributed by atoms with van der Waals surface area (Å²) in [4.78, 5) is 25.7. The van der Waals surface area contributed by atoms with Crippen LogP contribution in [0.1, 0.15) is 23.3 Å². The van der Waals surface area contributed by atoms with E-state index in [1.807, 2.05) is 6.07 Å². The third kappa shape index (κ3) is 1.68. The molecular formula is C13H13N3O2. The van der Waals surface area contributed by atoms with E-state index in [9.17, 15) is 9.59 Å². The Bertz CT molecular complexity index is 657. The number of amides is 1. The minimum absolute atomic E-state index is 0.0973. The fourth-order valence-electron chi connectivity index (χ4n) is 2.35. The first-order valence-electron chi connectivity index (χ1n) is 6.04. The molecule has 0 spiro atoms. The number of carbonyl (C=O) groups excluding carboxylic acids is 1. The van der Waals surface area contributed by atoms with Gasteiger partial charge in [-0.25, -0.2) is 5.10 Å². The first kappa shape index (κ1) is 11.0. The largest absolute Gasteiger partial charge is 0.337 e. The molecule has 1 fully saturated rings. The maximum atomic E-state index is 12.3. The Morgan fingerprint density at radius 1 is 1.17 bits per heavy atom. The van der Waals surface area contributed by atoms with Gasteiger partial charge in [-0.1, -0.05) is 18.2 Å². The summed E-state index contributed by atoms with van der Waals surface area (Å²) in [5.74, 6) is -0.0973. The fraction of sp³-hybridized carbons (Fsp3) is 0.308. The van der Waals surface area contributed by atoms with E-state index in [1.54, 1.807) is 23.1 Å². The SMILES string of the molecule is O=C(c1n[nH]c(=O)c2ccccc12)N1CCCC1. The van der Waals surface area contributed by atoms with Gasteiger partial charge in [0.15, 0.2) is 5.69 Å². The number of aromatic nitrogens is 2. The van der Waals surface area contributed by atoms with Gasteiger partial charge in [-0.3, -0.25) is 9.59 Å². The lowest BCUT2D eigenvalue weighted by Gasteiger charge is -2.15. The molecule has 1 aliphatic rings. The van der Waals surface area contributed by atoms with Crippen molar-refractivity contribution >= 4 is 16.7 Å². The number of aromatic amines is 1. The summed E-state index contributed by atoms with van der Waals surface area (Å²) < 4.78 is 0. The van der Waals surface area contributed by atoms with Crippen LogP contribution < -0.4 is 5.56 Å². The molecule has 0 bridgehead atoms. The van der Waals surface area contributed by atoms with Gasteiger partial charge >= 0.3 is 0 Å². The van der Waals surface area contributed by atoms with Crippen LogP contribution in [0.15, 0.2) is 29.1 Å². The van der Waals surface area contributed by atoms with Crippen LogP contribution in [0.3, 0.4) is 0 Å². The number of carbonyl (C=O) groups is 1. The standard InChI is InChI=1S/C13H13N3O2/c17-12-10-6-2-1-5-9(10)11(14-15-12)13(18)16-7-3-4-8-16/h1-2,5-6H,3-4,7-8H2,(H,15,17). The van der Waals surface area contributed by atoms with Gasteiger partial charge in [0.2, 0.25) is 0 Å². The topological polar surface area (TPSA) is 66.1 Å². The maximum Gasteiger partial charge on any atom is 0.274 e. The lowest BCUT2D eigenvalue weighted by atomic mass is 10.1. The van der Waals surface area contributed by atoms with Crippen molar-refractivity contribution in [2.75, 3.05) is 13.1 Å². The second-order valence-electron chi connectivity index (χ2n) is 4.45. The number of H-pyrrole nitrogens is 1. The zero-order valence-corrected chi connectivity index (χ0v) is 9.85. The van der Waals surface area contributed by atoms with Crippen LogP contribution in [-0.2, 0) is 0 Å². The normalized spacial score (nSPS) is 15.2. The summed E-state index contributed by atoms with van der Waals surface area (Å²) in [5, 5.41) is 7.45. The van der Waals surface area contributed by atoms with E-state index in [0.717, 1.165) is 25.9 Å². The highest BCUT2D eigenvalue weighted by atomic mass is 16.2. The predicted octanol–water partition coefficient (Wildman–Crippen LogP) is 1.16. The molecule has 1 aromatic heterocycles. The van der Waals surface area contributed by atoms with Gasteiger partial charge in [0.05, 0.1) is 5.39 Å². The zero-order valence-electron chi connectivity index (χ0n) is 9.85. The molecule has 1 aliphatic heterocycles. The molecule has 1 N–H and O–H groups in total. The molecular weight excluding hydrogens is 230 g/mol. The second-order valence-corrected chi connectivity index (χ2v) is 4.45. The lowest BCUT2D eigenvalue weighted by Crippen LogP contribution is -2.29. The Kier molecular flexibility index (Phi) is 2.59. The van der Waals surface area contributed by atoms with Crippen LogP contribution in [-0.4, -0.2) is 34.1 Å². The van der Waals surface area contributed by atoms with Gasteiger partial charge in [-0.05, 0) is 18.9 Å². The molecule has 2 aromatic rings. The van der Waals surface area contributed by atoms with Gasteiger partial charge in [0, 0.05) is 18.5 Å². The van der Waals surface area contributed by atoms with Crippen LogP contribution in [0.2, 0.25) is 0 Å². The number of nitrogens with one attached hydrogen (secondary N) is 1. The van der Waals surface area contributed by atoms with E-state index in [1.165, 1.54) is 0 Å². The van der Waals surface area contributed by atoms with E-state index in [2.05, 4.69) is 10.2 Å². The number of hydrogen-bond donors (Lipinski definition) is 1. The maximum absolute atomic E-state index is 12.3. The monoisotopic (exact) mass is 243 g/mol. The van der Waals surface area contributed by atoms with Gasteiger partial charge in [0.1, 0.15) is 0 Å². The van der Waals surface area contributed by atoms with Crippen LogP contribution >= 0.6 is 0 Å². The first-order chi connectivity index (χ1) is 8.77. The first-order valence-corrected chi connectivity index (χ1v) is 6.04. The minimum Gasteiger partial charge on any atom is -0.337 e. The summed E-state index contributed by atoms with van der Waals surface area (Å²) >= 11 is 0. The van der Waals surface area contributed by atoms with Crippen molar-refractivity contribution in [2.45, 2.75) is 12.8 Å². The molecule has 0 unspecified atom stereocenters. The molecule has 1 aromatic carbocycles. The average Bonchev–Trinajstić information content (AvgIpc) is 2.93. The molecule has 1 saturated heterocycles. The van der Waals surface area contributed by atoms with Gasteiger partial charge < -0.3 is 4.90 Å². The molecule has 1 amide bonds. The Labute approximate surface area is 103 Å². The van der Waals surface area contributed by atoms with Crippen LogP contribution in [0.25, 0.3) is 10.8 Å². The third-order valence-electron chi connectivity index (χ3n) is 3.29. The number of benzene rings is 1. The summed E-state index contributed by atoms with van der Waals surface area (Å²) in [6.07, 6.45) is 2.07. The number of fused-ring (bicyclic) bond motifs is 1. The molecule has 0 aliphatic carbocycles. The Hall–Kier alpha value is -2.17. The molecule has 5 heteroatoms. The van der Waals surface area contributed by atoms with Crippen LogP contribution in [0, 0.1) is 0 Å². The van der Waals surface area contributed by atoms with Crippen molar-refractivity contribution in [3.8, 4) is 0 Å². The smallest absolute Gasteiger partial charge is 0.274 e. The zero-order chi connectivity index (χ0) is 12.5. The molecule has 92 valence electrons. The van der Waals surface area contributed by atoms with Gasteiger partial charge in [0.25, 0.3) is 11.5 Å². The molecule has 18 heavy (non-hydrogen) atoms. The highest BCUT2D eigenvalue weighted by Gasteiger charge is 2.22. The van der Waals surface area contributed by atoms with E-state index >= 15 is 0 Å². The molecule has 0 saturated carbocycles. The van der Waals surface area contributed by atoms with Crippen molar-refractivity contribution in [2.24, 2.45) is 0 Å². The molecule has 5 nitrogen and oxygen atoms in total. The predicted molar refractivity (Wildman–Crippen MR) is 67.5 cm³/mol. The summed E-state index contributed by atoms with van der Waals surface area (Å²) in [6, 6.07) is 7.06. The van der Waals surface area contributed by atoms with E-state index in [4.69, 9.17) is 0 Å². The fourth-order valence-corrected chi connectivity index (χ4v) is 2.35. The second kappa shape index (κ2) is 4.25. The van der Waals surface area contributed by atoms with Crippen LogP contribution in [0.5, 0.6) is 0 Å². The van der Waals surface area contributed by atoms with Crippen molar-refractivity contribution < 1.29 is 4.79 Å². The average molecular weight is 243 g/mol. The van der Waals surface area contributed by atoms with E-state index < -0.39 is 0 Å². The Morgan fingerprint density at radius 2 is 1.83 bits per heavy atom. The lowest BCUT2D eigenvalue weighted by molar-refractivity contribution is 0.0788. The third-order valence-corrected chi connectivity index (χ3v) is 3.29. The van der Waals surface area contributed by atoms with Crippen molar-refractivity contribution in [3.63, 3.8) is 0 Å². The molecule has 0 radical (unpaired) electrons. The summed E-state index contributed by atoms with van der Waals surface area (Å²) in [7, 11) is 0. The highest BCUT2D eigenvalue weighted by molar-refractivity contribution is 6.04. The number of nitrogens with zero attached hydrogens (tertiary/aromatic N) is 2. The minimum atomic E-state index is -0.261. The summed E-state index contributed by atoms with van der Waals surface area (Å²) in [5.41, 5.74) is 0.0793. The number of rotatable bonds is 1. The van der Waals surface area contributed by atoms with Gasteiger partial charge in [-0.2, -0.15) is 5.10 Å². The quantitative estimate of drug-likeness (QED) is 0.817. The van der Waals surface area contributed by atoms with E-state index in [-0.39, 0.29) is 11.5 Å². The van der Waals surface area contributed by atoms with E-state index in [0.29, 0.717) is 16.5 Å². The van der Waals surface area contributed by atoms with Crippen molar-refractivity contribution in [3.05, 3.63) is 40.3 Å². The van der Waals surface area contributed by atoms with Crippen LogP contribution in [0.4, 0.5) is 0 Å². The summed E-state index contributed by atoms with van der Waals surface area (Å²) in [6.45, 7) is 1.54. The van der Waals surface area contributed by atoms with Crippen molar-refractivity contribution in [1.82, 2.24) is 15.1 Å². The highest BCUT2D eigenvalue weighted by Crippen LogP contribution is 2.17. The number of likely N-dealkylation sites (tertiary alicyclic amines) is 1. The molecule has 3 rings (SSSR count). The molecule has 0 atom stereocenters. The Balaban J connectivity index is 2.14. The van der Waals surface area contributed by atoms with Gasteiger partial charge in [-0.15, -0.1) is 0 Å². The van der Waals surface area contributed by atoms with Crippen molar-refractivity contribution in [1.29, 1.82) is 0 Å². The Morgan fingerprint density at radius 3 is 2.56 bits per heavy atom.